The number of rotatable bonds is 5. The minimum absolute atomic E-state index is 0.237. The van der Waals surface area contributed by atoms with Gasteiger partial charge in [-0.15, -0.1) is 0 Å². The van der Waals surface area contributed by atoms with Gasteiger partial charge in [-0.2, -0.15) is 0 Å². The van der Waals surface area contributed by atoms with E-state index in [1.807, 2.05) is 13.0 Å². The highest BCUT2D eigenvalue weighted by molar-refractivity contribution is 9.10. The zero-order valence-electron chi connectivity index (χ0n) is 13.9. The third-order valence-electron chi connectivity index (χ3n) is 5.88. The first-order valence-corrected chi connectivity index (χ1v) is 11.1. The van der Waals surface area contributed by atoms with Gasteiger partial charge in [0.15, 0.2) is 0 Å². The second-order valence-corrected chi connectivity index (χ2v) is 10.4. The first kappa shape index (κ1) is 16.9. The molecule has 0 aliphatic heterocycles. The molecule has 1 N–H and O–H groups in total. The van der Waals surface area contributed by atoms with Crippen molar-refractivity contribution in [3.8, 4) is 5.75 Å². The summed E-state index contributed by atoms with van der Waals surface area (Å²) >= 11 is 3.39. The van der Waals surface area contributed by atoms with Gasteiger partial charge < -0.3 is 4.74 Å². The maximum Gasteiger partial charge on any atom is 0.244 e. The SMILES string of the molecule is CCOc1ccc(Br)cc1S(=O)(=O)NC12CC3CC(CC(C3)C1)C2. The molecule has 4 saturated carbocycles. The first-order valence-electron chi connectivity index (χ1n) is 8.85. The summed E-state index contributed by atoms with van der Waals surface area (Å²) in [6.45, 7) is 2.31. The van der Waals surface area contributed by atoms with E-state index < -0.39 is 10.0 Å². The molecule has 0 spiro atoms. The van der Waals surface area contributed by atoms with E-state index >= 15 is 0 Å². The molecule has 5 rings (SSSR count). The lowest BCUT2D eigenvalue weighted by molar-refractivity contribution is -0.00811. The monoisotopic (exact) mass is 413 g/mol. The molecule has 4 fully saturated rings. The fourth-order valence-corrected chi connectivity index (χ4v) is 7.66. The standard InChI is InChI=1S/C18H24BrNO3S/c1-2-23-16-4-3-15(19)8-17(16)24(21,22)20-18-9-12-5-13(10-18)7-14(6-12)11-18/h3-4,8,12-14,20H,2,5-7,9-11H2,1H3. The second-order valence-electron chi connectivity index (χ2n) is 7.83. The molecule has 0 unspecified atom stereocenters. The molecule has 0 aromatic heterocycles. The topological polar surface area (TPSA) is 55.4 Å². The molecule has 4 nitrogen and oxygen atoms in total. The largest absolute Gasteiger partial charge is 0.492 e. The van der Waals surface area contributed by atoms with Gasteiger partial charge in [0.05, 0.1) is 6.61 Å². The highest BCUT2D eigenvalue weighted by Gasteiger charge is 2.52. The molecule has 1 aromatic carbocycles. The molecule has 4 aliphatic rings. The Labute approximate surface area is 152 Å². The Balaban J connectivity index is 1.66. The van der Waals surface area contributed by atoms with Crippen LogP contribution in [0, 0.1) is 17.8 Å². The van der Waals surface area contributed by atoms with Gasteiger partial charge in [-0.25, -0.2) is 13.1 Å². The highest BCUT2D eigenvalue weighted by Crippen LogP contribution is 2.56. The van der Waals surface area contributed by atoms with E-state index in [0.29, 0.717) is 30.1 Å². The molecular formula is C18H24BrNO3S. The summed E-state index contributed by atoms with van der Waals surface area (Å²) in [4.78, 5) is 0.245. The molecule has 0 radical (unpaired) electrons. The van der Waals surface area contributed by atoms with Crippen LogP contribution >= 0.6 is 15.9 Å². The summed E-state index contributed by atoms with van der Waals surface area (Å²) in [7, 11) is -3.60. The predicted octanol–water partition coefficient (Wildman–Crippen LogP) is 4.09. The van der Waals surface area contributed by atoms with E-state index in [9.17, 15) is 8.42 Å². The summed E-state index contributed by atoms with van der Waals surface area (Å²) in [6.07, 6.45) is 6.87. The van der Waals surface area contributed by atoms with Gasteiger partial charge in [-0.3, -0.25) is 0 Å². The molecule has 4 aliphatic carbocycles. The van der Waals surface area contributed by atoms with E-state index in [1.165, 1.54) is 19.3 Å². The molecule has 4 bridgehead atoms. The zero-order valence-corrected chi connectivity index (χ0v) is 16.3. The average Bonchev–Trinajstić information content (AvgIpc) is 2.46. The number of hydrogen-bond donors (Lipinski definition) is 1. The Morgan fingerprint density at radius 3 is 2.29 bits per heavy atom. The van der Waals surface area contributed by atoms with Crippen molar-refractivity contribution in [3.63, 3.8) is 0 Å². The number of halogens is 1. The van der Waals surface area contributed by atoms with Gasteiger partial charge in [0.25, 0.3) is 0 Å². The minimum Gasteiger partial charge on any atom is -0.492 e. The van der Waals surface area contributed by atoms with Crippen LogP contribution in [0.1, 0.15) is 45.4 Å². The van der Waals surface area contributed by atoms with Gasteiger partial charge in [-0.1, -0.05) is 15.9 Å². The van der Waals surface area contributed by atoms with E-state index in [-0.39, 0.29) is 10.4 Å². The van der Waals surface area contributed by atoms with E-state index in [2.05, 4.69) is 20.7 Å². The Morgan fingerprint density at radius 1 is 1.17 bits per heavy atom. The third-order valence-corrected chi connectivity index (χ3v) is 7.98. The minimum atomic E-state index is -3.60. The predicted molar refractivity (Wildman–Crippen MR) is 96.5 cm³/mol. The molecule has 1 aromatic rings. The van der Waals surface area contributed by atoms with Gasteiger partial charge >= 0.3 is 0 Å². The van der Waals surface area contributed by atoms with Crippen LogP contribution in [0.15, 0.2) is 27.6 Å². The average molecular weight is 414 g/mol. The summed E-state index contributed by atoms with van der Waals surface area (Å²) < 4.78 is 35.7. The molecule has 0 atom stereocenters. The van der Waals surface area contributed by atoms with Crippen molar-refractivity contribution in [2.45, 2.75) is 55.9 Å². The van der Waals surface area contributed by atoms with Crippen molar-refractivity contribution < 1.29 is 13.2 Å². The van der Waals surface area contributed by atoms with Crippen LogP contribution in [0.5, 0.6) is 5.75 Å². The maximum atomic E-state index is 13.2. The van der Waals surface area contributed by atoms with Crippen LogP contribution < -0.4 is 9.46 Å². The van der Waals surface area contributed by atoms with Gasteiger partial charge in [-0.05, 0) is 81.4 Å². The third kappa shape index (κ3) is 3.01. The normalized spacial score (nSPS) is 34.5. The number of ether oxygens (including phenoxy) is 1. The molecular weight excluding hydrogens is 390 g/mol. The van der Waals surface area contributed by atoms with Crippen LogP contribution in [0.4, 0.5) is 0 Å². The quantitative estimate of drug-likeness (QED) is 0.790. The Kier molecular flexibility index (Phi) is 4.21. The number of benzene rings is 1. The second kappa shape index (κ2) is 5.99. The van der Waals surface area contributed by atoms with Crippen molar-refractivity contribution in [2.24, 2.45) is 17.8 Å². The van der Waals surface area contributed by atoms with Crippen LogP contribution in [0.25, 0.3) is 0 Å². The molecule has 132 valence electrons. The summed E-state index contributed by atoms with van der Waals surface area (Å²) in [6, 6.07) is 5.18. The smallest absolute Gasteiger partial charge is 0.244 e. The highest BCUT2D eigenvalue weighted by atomic mass is 79.9. The van der Waals surface area contributed by atoms with Crippen molar-refractivity contribution in [2.75, 3.05) is 6.61 Å². The van der Waals surface area contributed by atoms with Crippen molar-refractivity contribution in [1.82, 2.24) is 4.72 Å². The zero-order chi connectivity index (χ0) is 16.9. The lowest BCUT2D eigenvalue weighted by Gasteiger charge is -2.56. The van der Waals surface area contributed by atoms with E-state index in [4.69, 9.17) is 4.74 Å². The molecule has 6 heteroatoms. The van der Waals surface area contributed by atoms with E-state index in [1.54, 1.807) is 12.1 Å². The van der Waals surface area contributed by atoms with Crippen molar-refractivity contribution >= 4 is 26.0 Å². The molecule has 0 saturated heterocycles. The number of nitrogens with one attached hydrogen (secondary N) is 1. The summed E-state index contributed by atoms with van der Waals surface area (Å²) in [5, 5.41) is 0. The lowest BCUT2D eigenvalue weighted by Crippen LogP contribution is -2.59. The van der Waals surface area contributed by atoms with Crippen LogP contribution in [0.2, 0.25) is 0 Å². The molecule has 24 heavy (non-hydrogen) atoms. The lowest BCUT2D eigenvalue weighted by atomic mass is 9.53. The van der Waals surface area contributed by atoms with Gasteiger partial charge in [0.2, 0.25) is 10.0 Å². The summed E-state index contributed by atoms with van der Waals surface area (Å²) in [5.41, 5.74) is -0.237. The summed E-state index contributed by atoms with van der Waals surface area (Å²) in [5.74, 6) is 2.53. The van der Waals surface area contributed by atoms with Crippen LogP contribution in [0.3, 0.4) is 0 Å². The Morgan fingerprint density at radius 2 is 1.75 bits per heavy atom. The van der Waals surface area contributed by atoms with Gasteiger partial charge in [0.1, 0.15) is 10.6 Å². The number of hydrogen-bond acceptors (Lipinski definition) is 3. The fraction of sp³-hybridized carbons (Fsp3) is 0.667. The van der Waals surface area contributed by atoms with Crippen molar-refractivity contribution in [1.29, 1.82) is 0 Å². The maximum absolute atomic E-state index is 13.2. The van der Waals surface area contributed by atoms with Crippen molar-refractivity contribution in [3.05, 3.63) is 22.7 Å². The number of sulfonamides is 1. The Bertz CT molecular complexity index is 711. The van der Waals surface area contributed by atoms with E-state index in [0.717, 1.165) is 23.7 Å². The Hall–Kier alpha value is -0.590. The van der Waals surface area contributed by atoms with Crippen LogP contribution in [-0.2, 0) is 10.0 Å². The molecule has 0 amide bonds. The first-order chi connectivity index (χ1) is 11.4. The van der Waals surface area contributed by atoms with Gasteiger partial charge in [0, 0.05) is 10.0 Å². The fourth-order valence-electron chi connectivity index (χ4n) is 5.54. The molecule has 0 heterocycles. The van der Waals surface area contributed by atoms with Crippen LogP contribution in [-0.4, -0.2) is 20.6 Å².